The summed E-state index contributed by atoms with van der Waals surface area (Å²) in [6, 6.07) is 10.6. The van der Waals surface area contributed by atoms with E-state index in [9.17, 15) is 0 Å². The van der Waals surface area contributed by atoms with Crippen LogP contribution in [0.5, 0.6) is 0 Å². The molecule has 0 aromatic heterocycles. The molecule has 1 atom stereocenters. The van der Waals surface area contributed by atoms with Crippen LogP contribution in [0.3, 0.4) is 0 Å². The lowest BCUT2D eigenvalue weighted by Crippen LogP contribution is -1.97. The molecule has 1 aromatic carbocycles. The Morgan fingerprint density at radius 2 is 1.86 bits per heavy atom. The first kappa shape index (κ1) is 10.8. The van der Waals surface area contributed by atoms with E-state index in [4.69, 9.17) is 0 Å². The smallest absolute Gasteiger partial charge is 0.0199 e. The minimum atomic E-state index is 0.577. The highest BCUT2D eigenvalue weighted by Gasteiger charge is 2.01. The summed E-state index contributed by atoms with van der Waals surface area (Å²) in [5.74, 6) is 0.577. The monoisotopic (exact) mass is 186 g/mol. The summed E-state index contributed by atoms with van der Waals surface area (Å²) in [4.78, 5) is 0. The molecule has 0 spiro atoms. The Hall–Kier alpha value is -1.30. The largest absolute Gasteiger partial charge is 0.103 e. The van der Waals surface area contributed by atoms with Gasteiger partial charge in [-0.3, -0.25) is 0 Å². The van der Waals surface area contributed by atoms with Crippen LogP contribution in [0.25, 0.3) is 0 Å². The number of hydrogen-bond acceptors (Lipinski definition) is 0. The van der Waals surface area contributed by atoms with E-state index in [0.717, 1.165) is 12.8 Å². The van der Waals surface area contributed by atoms with Crippen LogP contribution >= 0.6 is 0 Å². The lowest BCUT2D eigenvalue weighted by molar-refractivity contribution is 0.601. The third kappa shape index (κ3) is 3.61. The van der Waals surface area contributed by atoms with Crippen LogP contribution in [-0.4, -0.2) is 0 Å². The van der Waals surface area contributed by atoms with Crippen molar-refractivity contribution in [2.75, 3.05) is 0 Å². The molecule has 0 radical (unpaired) electrons. The molecule has 0 aliphatic heterocycles. The van der Waals surface area contributed by atoms with Gasteiger partial charge >= 0.3 is 0 Å². The molecule has 0 fully saturated rings. The van der Waals surface area contributed by atoms with E-state index >= 15 is 0 Å². The van der Waals surface area contributed by atoms with E-state index in [1.54, 1.807) is 0 Å². The average Bonchev–Trinajstić information content (AvgIpc) is 2.25. The quantitative estimate of drug-likeness (QED) is 0.589. The summed E-state index contributed by atoms with van der Waals surface area (Å²) in [5, 5.41) is 0. The lowest BCUT2D eigenvalue weighted by atomic mass is 9.97. The van der Waals surface area contributed by atoms with Crippen molar-refractivity contribution in [1.29, 1.82) is 0 Å². The molecule has 0 heteroatoms. The van der Waals surface area contributed by atoms with Gasteiger partial charge in [0.05, 0.1) is 0 Å². The first-order chi connectivity index (χ1) is 6.86. The average molecular weight is 186 g/mol. The van der Waals surface area contributed by atoms with Crippen molar-refractivity contribution in [3.8, 4) is 0 Å². The predicted molar refractivity (Wildman–Crippen MR) is 63.3 cm³/mol. The molecule has 0 N–H and O–H groups in total. The van der Waals surface area contributed by atoms with E-state index in [1.807, 2.05) is 12.2 Å². The number of hydrogen-bond donors (Lipinski definition) is 0. The molecule has 1 aromatic rings. The molecule has 0 heterocycles. The third-order valence-corrected chi connectivity index (χ3v) is 2.45. The van der Waals surface area contributed by atoms with Gasteiger partial charge in [0, 0.05) is 0 Å². The molecule has 74 valence electrons. The van der Waals surface area contributed by atoms with Crippen molar-refractivity contribution in [3.63, 3.8) is 0 Å². The van der Waals surface area contributed by atoms with Gasteiger partial charge in [-0.2, -0.15) is 0 Å². The van der Waals surface area contributed by atoms with Crippen LogP contribution in [0.1, 0.15) is 18.4 Å². The summed E-state index contributed by atoms with van der Waals surface area (Å²) in [6.45, 7) is 7.60. The normalized spacial score (nSPS) is 12.0. The zero-order valence-corrected chi connectivity index (χ0v) is 8.65. The molecule has 14 heavy (non-hydrogen) atoms. The number of benzene rings is 1. The number of allylic oxidation sites excluding steroid dienone is 2. The molecule has 0 bridgehead atoms. The van der Waals surface area contributed by atoms with Crippen molar-refractivity contribution in [2.45, 2.75) is 19.3 Å². The third-order valence-electron chi connectivity index (χ3n) is 2.45. The fourth-order valence-corrected chi connectivity index (χ4v) is 1.54. The van der Waals surface area contributed by atoms with Crippen LogP contribution in [-0.2, 0) is 6.42 Å². The van der Waals surface area contributed by atoms with E-state index in [1.165, 1.54) is 12.0 Å². The summed E-state index contributed by atoms with van der Waals surface area (Å²) in [7, 11) is 0. The van der Waals surface area contributed by atoms with Crippen molar-refractivity contribution < 1.29 is 0 Å². The van der Waals surface area contributed by atoms with Gasteiger partial charge in [0.25, 0.3) is 0 Å². The molecule has 0 saturated carbocycles. The molecule has 0 saturated heterocycles. The second kappa shape index (κ2) is 6.20. The highest BCUT2D eigenvalue weighted by molar-refractivity contribution is 5.14. The predicted octanol–water partition coefficient (Wildman–Crippen LogP) is 4.00. The van der Waals surface area contributed by atoms with Gasteiger partial charge in [0.1, 0.15) is 0 Å². The summed E-state index contributed by atoms with van der Waals surface area (Å²) in [6.07, 6.45) is 7.34. The van der Waals surface area contributed by atoms with Crippen LogP contribution < -0.4 is 0 Å². The van der Waals surface area contributed by atoms with E-state index in [-0.39, 0.29) is 0 Å². The zero-order valence-electron chi connectivity index (χ0n) is 8.65. The highest BCUT2D eigenvalue weighted by Crippen LogP contribution is 2.14. The molecular weight excluding hydrogens is 168 g/mol. The van der Waals surface area contributed by atoms with Gasteiger partial charge in [0.2, 0.25) is 0 Å². The van der Waals surface area contributed by atoms with Crippen LogP contribution in [0, 0.1) is 5.92 Å². The van der Waals surface area contributed by atoms with Crippen LogP contribution in [0.4, 0.5) is 0 Å². The van der Waals surface area contributed by atoms with E-state index < -0.39 is 0 Å². The maximum absolute atomic E-state index is 3.84. The molecule has 1 rings (SSSR count). The van der Waals surface area contributed by atoms with Crippen molar-refractivity contribution >= 4 is 0 Å². The summed E-state index contributed by atoms with van der Waals surface area (Å²) in [5.41, 5.74) is 1.41. The maximum Gasteiger partial charge on any atom is -0.0199 e. The van der Waals surface area contributed by atoms with Gasteiger partial charge in [0.15, 0.2) is 0 Å². The summed E-state index contributed by atoms with van der Waals surface area (Å²) >= 11 is 0. The standard InChI is InChI=1S/C14H18/c1-3-8-13(4-2)11-12-14-9-6-5-7-10-14/h3-7,9-10,13H,1-2,8,11-12H2/t13-/m0/s1. The van der Waals surface area contributed by atoms with Gasteiger partial charge in [-0.05, 0) is 30.7 Å². The van der Waals surface area contributed by atoms with Crippen LogP contribution in [0.2, 0.25) is 0 Å². The van der Waals surface area contributed by atoms with Crippen molar-refractivity contribution in [1.82, 2.24) is 0 Å². The van der Waals surface area contributed by atoms with Crippen molar-refractivity contribution in [3.05, 3.63) is 61.2 Å². The first-order valence-electron chi connectivity index (χ1n) is 5.14. The zero-order chi connectivity index (χ0) is 10.2. The topological polar surface area (TPSA) is 0 Å². The molecule has 0 aliphatic carbocycles. The molecule has 0 aliphatic rings. The lowest BCUT2D eigenvalue weighted by Gasteiger charge is -2.09. The molecule has 0 amide bonds. The Morgan fingerprint density at radius 3 is 2.43 bits per heavy atom. The Bertz CT molecular complexity index is 271. The van der Waals surface area contributed by atoms with Gasteiger partial charge < -0.3 is 0 Å². The van der Waals surface area contributed by atoms with Gasteiger partial charge in [-0.25, -0.2) is 0 Å². The minimum absolute atomic E-state index is 0.577. The SMILES string of the molecule is C=CC[C@H](C=C)CCc1ccccc1. The second-order valence-electron chi connectivity index (χ2n) is 3.54. The maximum atomic E-state index is 3.84. The molecular formula is C14H18. The van der Waals surface area contributed by atoms with E-state index in [0.29, 0.717) is 5.92 Å². The Labute approximate surface area is 87.0 Å². The van der Waals surface area contributed by atoms with Gasteiger partial charge in [-0.15, -0.1) is 13.2 Å². The van der Waals surface area contributed by atoms with Crippen molar-refractivity contribution in [2.24, 2.45) is 5.92 Å². The Kier molecular flexibility index (Phi) is 4.77. The number of rotatable bonds is 6. The van der Waals surface area contributed by atoms with E-state index in [2.05, 4.69) is 43.5 Å². The number of aryl methyl sites for hydroxylation is 1. The highest BCUT2D eigenvalue weighted by atomic mass is 14.1. The second-order valence-corrected chi connectivity index (χ2v) is 3.54. The fraction of sp³-hybridized carbons (Fsp3) is 0.286. The Balaban J connectivity index is 2.39. The fourth-order valence-electron chi connectivity index (χ4n) is 1.54. The minimum Gasteiger partial charge on any atom is -0.103 e. The molecule has 0 unspecified atom stereocenters. The van der Waals surface area contributed by atoms with Gasteiger partial charge in [-0.1, -0.05) is 42.5 Å². The Morgan fingerprint density at radius 1 is 1.14 bits per heavy atom. The summed E-state index contributed by atoms with van der Waals surface area (Å²) < 4.78 is 0. The van der Waals surface area contributed by atoms with Crippen LogP contribution in [0.15, 0.2) is 55.6 Å². The molecule has 0 nitrogen and oxygen atoms in total. The first-order valence-corrected chi connectivity index (χ1v) is 5.14.